The van der Waals surface area contributed by atoms with Crippen LogP contribution in [0, 0.1) is 24.5 Å². The van der Waals surface area contributed by atoms with Crippen LogP contribution in [0.2, 0.25) is 0 Å². The lowest BCUT2D eigenvalue weighted by Gasteiger charge is -2.33. The number of halogens is 2. The van der Waals surface area contributed by atoms with Crippen molar-refractivity contribution in [2.45, 2.75) is 51.6 Å². The molecule has 1 saturated heterocycles. The SMILES string of the molecule is Cc1cc(OC2CCC2)nc(-c2cc(F)c(N3CCC(CC(=O)O)CC3)c(F)c2)c1. The van der Waals surface area contributed by atoms with Crippen molar-refractivity contribution in [2.75, 3.05) is 18.0 Å². The number of piperidine rings is 1. The summed E-state index contributed by atoms with van der Waals surface area (Å²) in [7, 11) is 0. The molecule has 1 aromatic heterocycles. The summed E-state index contributed by atoms with van der Waals surface area (Å²) in [6.07, 6.45) is 4.64. The lowest BCUT2D eigenvalue weighted by Crippen LogP contribution is -2.35. The Hall–Kier alpha value is -2.70. The third-order valence-electron chi connectivity index (χ3n) is 5.99. The van der Waals surface area contributed by atoms with Crippen LogP contribution in [0.15, 0.2) is 24.3 Å². The molecule has 0 unspecified atom stereocenters. The standard InChI is InChI=1S/C23H26F2N2O3/c1-14-9-20(26-21(10-14)30-17-3-2-4-17)16-12-18(24)23(19(25)13-16)27-7-5-15(6-8-27)11-22(28)29/h9-10,12-13,15,17H,2-8,11H2,1H3,(H,28,29). The average Bonchev–Trinajstić information content (AvgIpc) is 2.64. The third-order valence-corrected chi connectivity index (χ3v) is 5.99. The van der Waals surface area contributed by atoms with Gasteiger partial charge in [-0.1, -0.05) is 0 Å². The molecule has 1 saturated carbocycles. The van der Waals surface area contributed by atoms with E-state index in [1.165, 1.54) is 12.1 Å². The Labute approximate surface area is 174 Å². The van der Waals surface area contributed by atoms with Gasteiger partial charge in [0.1, 0.15) is 23.4 Å². The van der Waals surface area contributed by atoms with E-state index in [1.54, 1.807) is 11.0 Å². The van der Waals surface area contributed by atoms with Crippen LogP contribution >= 0.6 is 0 Å². The molecule has 0 radical (unpaired) electrons. The minimum absolute atomic E-state index is 0.0499. The van der Waals surface area contributed by atoms with E-state index in [1.807, 2.05) is 13.0 Å². The highest BCUT2D eigenvalue weighted by molar-refractivity contribution is 5.67. The smallest absolute Gasteiger partial charge is 0.303 e. The maximum absolute atomic E-state index is 14.9. The minimum Gasteiger partial charge on any atom is -0.481 e. The van der Waals surface area contributed by atoms with Crippen molar-refractivity contribution in [1.82, 2.24) is 4.98 Å². The normalized spacial score (nSPS) is 17.6. The van der Waals surface area contributed by atoms with E-state index in [4.69, 9.17) is 9.84 Å². The Kier molecular flexibility index (Phi) is 5.88. The summed E-state index contributed by atoms with van der Waals surface area (Å²) in [5.41, 5.74) is 1.72. The number of hydrogen-bond acceptors (Lipinski definition) is 4. The van der Waals surface area contributed by atoms with Crippen LogP contribution in [0.25, 0.3) is 11.3 Å². The first-order chi connectivity index (χ1) is 14.4. The summed E-state index contributed by atoms with van der Waals surface area (Å²) in [5, 5.41) is 8.93. The fourth-order valence-electron chi connectivity index (χ4n) is 4.13. The number of hydrogen-bond donors (Lipinski definition) is 1. The number of aromatic nitrogens is 1. The molecule has 0 bridgehead atoms. The number of aryl methyl sites for hydroxylation is 1. The van der Waals surface area contributed by atoms with Gasteiger partial charge in [-0.05, 0) is 68.7 Å². The fourth-order valence-corrected chi connectivity index (χ4v) is 4.13. The van der Waals surface area contributed by atoms with E-state index in [0.29, 0.717) is 43.1 Å². The van der Waals surface area contributed by atoms with E-state index in [2.05, 4.69) is 4.98 Å². The molecule has 1 N–H and O–H groups in total. The van der Waals surface area contributed by atoms with Gasteiger partial charge in [0.05, 0.1) is 5.69 Å². The number of pyridine rings is 1. The van der Waals surface area contributed by atoms with Crippen LogP contribution in [0.5, 0.6) is 5.88 Å². The van der Waals surface area contributed by atoms with Gasteiger partial charge in [-0.2, -0.15) is 0 Å². The molecule has 160 valence electrons. The van der Waals surface area contributed by atoms with Crippen molar-refractivity contribution in [3.8, 4) is 17.1 Å². The summed E-state index contributed by atoms with van der Waals surface area (Å²) >= 11 is 0. The molecule has 1 aromatic carbocycles. The van der Waals surface area contributed by atoms with Gasteiger partial charge in [0.15, 0.2) is 0 Å². The lowest BCUT2D eigenvalue weighted by molar-refractivity contribution is -0.138. The molecule has 2 heterocycles. The van der Waals surface area contributed by atoms with E-state index >= 15 is 0 Å². The second-order valence-electron chi connectivity index (χ2n) is 8.36. The number of benzene rings is 1. The van der Waals surface area contributed by atoms with Gasteiger partial charge in [0, 0.05) is 31.1 Å². The average molecular weight is 416 g/mol. The Morgan fingerprint density at radius 2 is 1.80 bits per heavy atom. The molecule has 0 atom stereocenters. The Bertz CT molecular complexity index is 915. The Morgan fingerprint density at radius 3 is 2.37 bits per heavy atom. The molecule has 5 nitrogen and oxygen atoms in total. The first-order valence-corrected chi connectivity index (χ1v) is 10.5. The second-order valence-corrected chi connectivity index (χ2v) is 8.36. The molecular weight excluding hydrogens is 390 g/mol. The van der Waals surface area contributed by atoms with Gasteiger partial charge < -0.3 is 14.7 Å². The molecule has 0 amide bonds. The number of anilines is 1. The zero-order valence-electron chi connectivity index (χ0n) is 17.0. The van der Waals surface area contributed by atoms with Crippen molar-refractivity contribution < 1.29 is 23.4 Å². The first kappa shape index (κ1) is 20.6. The van der Waals surface area contributed by atoms with Gasteiger partial charge in [-0.15, -0.1) is 0 Å². The highest BCUT2D eigenvalue weighted by Crippen LogP contribution is 2.34. The van der Waals surface area contributed by atoms with Crippen LogP contribution in [0.1, 0.15) is 44.1 Å². The Morgan fingerprint density at radius 1 is 1.13 bits per heavy atom. The number of carboxylic acids is 1. The maximum Gasteiger partial charge on any atom is 0.303 e. The predicted octanol–water partition coefficient (Wildman–Crippen LogP) is 4.96. The zero-order chi connectivity index (χ0) is 21.3. The molecule has 1 aliphatic heterocycles. The summed E-state index contributed by atoms with van der Waals surface area (Å²) in [6, 6.07) is 6.26. The summed E-state index contributed by atoms with van der Waals surface area (Å²) in [6.45, 7) is 2.78. The summed E-state index contributed by atoms with van der Waals surface area (Å²) in [5.74, 6) is -1.56. The number of nitrogens with zero attached hydrogens (tertiary/aromatic N) is 2. The van der Waals surface area contributed by atoms with Crippen molar-refractivity contribution in [2.24, 2.45) is 5.92 Å². The lowest BCUT2D eigenvalue weighted by atomic mass is 9.93. The highest BCUT2D eigenvalue weighted by atomic mass is 19.1. The molecule has 2 aliphatic rings. The second kappa shape index (κ2) is 8.58. The van der Waals surface area contributed by atoms with E-state index in [-0.39, 0.29) is 24.1 Å². The molecule has 30 heavy (non-hydrogen) atoms. The predicted molar refractivity (Wildman–Crippen MR) is 110 cm³/mol. The topological polar surface area (TPSA) is 62.7 Å². The van der Waals surface area contributed by atoms with Crippen molar-refractivity contribution >= 4 is 11.7 Å². The monoisotopic (exact) mass is 416 g/mol. The van der Waals surface area contributed by atoms with Gasteiger partial charge in [-0.25, -0.2) is 13.8 Å². The number of rotatable bonds is 6. The van der Waals surface area contributed by atoms with Gasteiger partial charge in [0.25, 0.3) is 0 Å². The zero-order valence-corrected chi connectivity index (χ0v) is 17.0. The van der Waals surface area contributed by atoms with Crippen molar-refractivity contribution in [1.29, 1.82) is 0 Å². The van der Waals surface area contributed by atoms with Gasteiger partial charge in [0.2, 0.25) is 5.88 Å². The van der Waals surface area contributed by atoms with E-state index < -0.39 is 17.6 Å². The molecule has 1 aliphatic carbocycles. The number of aliphatic carboxylic acids is 1. The summed E-state index contributed by atoms with van der Waals surface area (Å²) in [4.78, 5) is 17.0. The quantitative estimate of drug-likeness (QED) is 0.721. The van der Waals surface area contributed by atoms with Crippen molar-refractivity contribution in [3.05, 3.63) is 41.5 Å². The number of carboxylic acid groups (broad SMARTS) is 1. The van der Waals surface area contributed by atoms with Crippen LogP contribution < -0.4 is 9.64 Å². The molecule has 2 fully saturated rings. The Balaban J connectivity index is 1.54. The third kappa shape index (κ3) is 4.55. The first-order valence-electron chi connectivity index (χ1n) is 10.5. The van der Waals surface area contributed by atoms with Crippen LogP contribution in [-0.2, 0) is 4.79 Å². The summed E-state index contributed by atoms with van der Waals surface area (Å²) < 4.78 is 35.7. The molecule has 4 rings (SSSR count). The van der Waals surface area contributed by atoms with E-state index in [0.717, 1.165) is 24.8 Å². The fraction of sp³-hybridized carbons (Fsp3) is 0.478. The van der Waals surface area contributed by atoms with Crippen LogP contribution in [0.4, 0.5) is 14.5 Å². The van der Waals surface area contributed by atoms with Gasteiger partial charge in [-0.3, -0.25) is 4.79 Å². The van der Waals surface area contributed by atoms with Crippen molar-refractivity contribution in [3.63, 3.8) is 0 Å². The molecule has 0 spiro atoms. The van der Waals surface area contributed by atoms with E-state index in [9.17, 15) is 13.6 Å². The highest BCUT2D eigenvalue weighted by Gasteiger charge is 2.26. The maximum atomic E-state index is 14.9. The number of carbonyl (C=O) groups is 1. The number of ether oxygens (including phenoxy) is 1. The largest absolute Gasteiger partial charge is 0.481 e. The molecule has 2 aromatic rings. The minimum atomic E-state index is -0.832. The molecular formula is C23H26F2N2O3. The molecule has 7 heteroatoms. The van der Waals surface area contributed by atoms with Gasteiger partial charge >= 0.3 is 5.97 Å². The van der Waals surface area contributed by atoms with Crippen LogP contribution in [-0.4, -0.2) is 35.3 Å². The van der Waals surface area contributed by atoms with Crippen LogP contribution in [0.3, 0.4) is 0 Å².